The second-order valence-electron chi connectivity index (χ2n) is 5.25. The molecule has 0 aliphatic rings. The molecule has 2 aromatic rings. The lowest BCUT2D eigenvalue weighted by Gasteiger charge is -2.14. The highest BCUT2D eigenvalue weighted by Crippen LogP contribution is 2.27. The van der Waals surface area contributed by atoms with Crippen LogP contribution in [0.3, 0.4) is 0 Å². The Hall–Kier alpha value is -2.74. The second-order valence-corrected chi connectivity index (χ2v) is 6.32. The van der Waals surface area contributed by atoms with Crippen molar-refractivity contribution in [2.45, 2.75) is 19.8 Å². The Bertz CT molecular complexity index is 783. The van der Waals surface area contributed by atoms with Crippen LogP contribution in [0, 0.1) is 12.3 Å². The lowest BCUT2D eigenvalue weighted by molar-refractivity contribution is -0.136. The summed E-state index contributed by atoms with van der Waals surface area (Å²) in [6, 6.07) is 6.46. The minimum Gasteiger partial charge on any atom is -0.481 e. The summed E-state index contributed by atoms with van der Waals surface area (Å²) in [6.45, 7) is 1.80. The molecule has 1 heterocycles. The van der Waals surface area contributed by atoms with Gasteiger partial charge in [0, 0.05) is 23.1 Å². The van der Waals surface area contributed by atoms with Gasteiger partial charge in [0.1, 0.15) is 5.84 Å². The largest absolute Gasteiger partial charge is 0.481 e. The lowest BCUT2D eigenvalue weighted by atomic mass is 10.1. The monoisotopic (exact) mass is 346 g/mol. The number of hydrogen-bond donors (Lipinski definition) is 3. The Kier molecular flexibility index (Phi) is 5.30. The van der Waals surface area contributed by atoms with Gasteiger partial charge in [-0.05, 0) is 25.5 Å². The fourth-order valence-electron chi connectivity index (χ4n) is 2.08. The Morgan fingerprint density at radius 1 is 1.29 bits per heavy atom. The molecule has 2 rings (SSSR count). The van der Waals surface area contributed by atoms with Gasteiger partial charge in [-0.2, -0.15) is 0 Å². The molecule has 24 heavy (non-hydrogen) atoms. The van der Waals surface area contributed by atoms with Gasteiger partial charge in [0.15, 0.2) is 5.13 Å². The van der Waals surface area contributed by atoms with Crippen molar-refractivity contribution in [3.63, 3.8) is 0 Å². The number of amidine groups is 1. The van der Waals surface area contributed by atoms with E-state index in [1.807, 2.05) is 0 Å². The number of anilines is 1. The van der Waals surface area contributed by atoms with E-state index in [0.29, 0.717) is 22.7 Å². The van der Waals surface area contributed by atoms with Crippen molar-refractivity contribution < 1.29 is 14.7 Å². The van der Waals surface area contributed by atoms with Gasteiger partial charge >= 0.3 is 5.97 Å². The third-order valence-electron chi connectivity index (χ3n) is 3.48. The zero-order valence-corrected chi connectivity index (χ0v) is 14.2. The first-order valence-corrected chi connectivity index (χ1v) is 8.02. The number of carboxylic acids is 1. The third-order valence-corrected chi connectivity index (χ3v) is 4.78. The predicted molar refractivity (Wildman–Crippen MR) is 93.0 cm³/mol. The fraction of sp³-hybridized carbons (Fsp3) is 0.250. The van der Waals surface area contributed by atoms with Gasteiger partial charge in [0.05, 0.1) is 12.1 Å². The van der Waals surface area contributed by atoms with Crippen molar-refractivity contribution in [2.75, 3.05) is 11.9 Å². The van der Waals surface area contributed by atoms with E-state index in [1.54, 1.807) is 38.2 Å². The zero-order valence-electron chi connectivity index (χ0n) is 13.4. The van der Waals surface area contributed by atoms with Crippen molar-refractivity contribution >= 4 is 34.2 Å². The third kappa shape index (κ3) is 3.96. The Labute approximate surface area is 143 Å². The molecule has 0 radical (unpaired) electrons. The predicted octanol–water partition coefficient (Wildman–Crippen LogP) is 2.03. The molecule has 0 saturated carbocycles. The smallest absolute Gasteiger partial charge is 0.303 e. The number of aliphatic carboxylic acids is 1. The molecule has 0 aliphatic carbocycles. The van der Waals surface area contributed by atoms with Crippen LogP contribution in [0.15, 0.2) is 24.3 Å². The number of amides is 1. The van der Waals surface area contributed by atoms with Crippen molar-refractivity contribution in [1.29, 1.82) is 5.41 Å². The van der Waals surface area contributed by atoms with Gasteiger partial charge in [0.25, 0.3) is 5.91 Å². The van der Waals surface area contributed by atoms with Crippen LogP contribution < -0.4 is 10.6 Å². The quantitative estimate of drug-likeness (QED) is 0.546. The summed E-state index contributed by atoms with van der Waals surface area (Å²) in [5.41, 5.74) is 7.15. The van der Waals surface area contributed by atoms with E-state index < -0.39 is 5.97 Å². The summed E-state index contributed by atoms with van der Waals surface area (Å²) in [5.74, 6) is -1.15. The summed E-state index contributed by atoms with van der Waals surface area (Å²) in [7, 11) is 1.63. The first kappa shape index (κ1) is 17.6. The van der Waals surface area contributed by atoms with Gasteiger partial charge < -0.3 is 10.8 Å². The van der Waals surface area contributed by atoms with Crippen LogP contribution in [0.4, 0.5) is 5.13 Å². The van der Waals surface area contributed by atoms with E-state index in [-0.39, 0.29) is 18.2 Å². The maximum atomic E-state index is 12.5. The molecule has 0 saturated heterocycles. The number of thiazole rings is 1. The van der Waals surface area contributed by atoms with Crippen molar-refractivity contribution in [3.05, 3.63) is 46.0 Å². The van der Waals surface area contributed by atoms with E-state index in [0.717, 1.165) is 10.6 Å². The number of carbonyl (C=O) groups is 2. The SMILES string of the molecule is Cc1nc(N(C)C(=O)c2ccc(C(=N)N)cc2)sc1CCC(=O)O. The van der Waals surface area contributed by atoms with Crippen LogP contribution in [-0.4, -0.2) is 34.9 Å². The van der Waals surface area contributed by atoms with Crippen LogP contribution in [0.5, 0.6) is 0 Å². The second kappa shape index (κ2) is 7.22. The highest BCUT2D eigenvalue weighted by atomic mass is 32.1. The van der Waals surface area contributed by atoms with E-state index >= 15 is 0 Å². The summed E-state index contributed by atoms with van der Waals surface area (Å²) < 4.78 is 0. The van der Waals surface area contributed by atoms with E-state index in [4.69, 9.17) is 16.2 Å². The number of hydrogen-bond acceptors (Lipinski definition) is 5. The number of aromatic nitrogens is 1. The Balaban J connectivity index is 2.17. The average molecular weight is 346 g/mol. The zero-order chi connectivity index (χ0) is 17.9. The molecule has 0 atom stereocenters. The van der Waals surface area contributed by atoms with Crippen molar-refractivity contribution in [3.8, 4) is 0 Å². The molecule has 0 spiro atoms. The summed E-state index contributed by atoms with van der Waals surface area (Å²) in [6.07, 6.45) is 0.431. The van der Waals surface area contributed by atoms with Gasteiger partial charge in [-0.1, -0.05) is 12.1 Å². The number of aryl methyl sites for hydroxylation is 2. The molecule has 126 valence electrons. The summed E-state index contributed by atoms with van der Waals surface area (Å²) in [5, 5.41) is 16.7. The Morgan fingerprint density at radius 3 is 2.42 bits per heavy atom. The molecule has 0 unspecified atom stereocenters. The van der Waals surface area contributed by atoms with Gasteiger partial charge in [0.2, 0.25) is 0 Å². The van der Waals surface area contributed by atoms with Crippen LogP contribution >= 0.6 is 11.3 Å². The molecular formula is C16H18N4O3S. The Morgan fingerprint density at radius 2 is 1.88 bits per heavy atom. The average Bonchev–Trinajstić information content (AvgIpc) is 2.92. The van der Waals surface area contributed by atoms with Crippen LogP contribution in [0.25, 0.3) is 0 Å². The number of nitrogens with one attached hydrogen (secondary N) is 1. The van der Waals surface area contributed by atoms with Gasteiger partial charge in [-0.3, -0.25) is 19.9 Å². The van der Waals surface area contributed by atoms with Crippen molar-refractivity contribution in [2.24, 2.45) is 5.73 Å². The molecule has 1 amide bonds. The number of carbonyl (C=O) groups excluding carboxylic acids is 1. The van der Waals surface area contributed by atoms with Gasteiger partial charge in [-0.15, -0.1) is 11.3 Å². The minimum absolute atomic E-state index is 0.0344. The molecule has 0 aliphatic heterocycles. The lowest BCUT2D eigenvalue weighted by Crippen LogP contribution is -2.26. The number of nitrogens with two attached hydrogens (primary N) is 1. The van der Waals surface area contributed by atoms with Gasteiger partial charge in [-0.25, -0.2) is 4.98 Å². The number of nitrogens with zero attached hydrogens (tertiary/aromatic N) is 2. The first-order chi connectivity index (χ1) is 11.3. The minimum atomic E-state index is -0.862. The maximum Gasteiger partial charge on any atom is 0.303 e. The normalized spacial score (nSPS) is 10.4. The fourth-order valence-corrected chi connectivity index (χ4v) is 3.10. The molecule has 1 aromatic heterocycles. The molecule has 8 heteroatoms. The number of benzene rings is 1. The van der Waals surface area contributed by atoms with E-state index in [1.165, 1.54) is 16.2 Å². The molecular weight excluding hydrogens is 328 g/mol. The van der Waals surface area contributed by atoms with E-state index in [9.17, 15) is 9.59 Å². The van der Waals surface area contributed by atoms with E-state index in [2.05, 4.69) is 4.98 Å². The number of carboxylic acid groups (broad SMARTS) is 1. The topological polar surface area (TPSA) is 120 Å². The highest BCUT2D eigenvalue weighted by Gasteiger charge is 2.18. The van der Waals surface area contributed by atoms with Crippen LogP contribution in [0.2, 0.25) is 0 Å². The molecule has 0 fully saturated rings. The van der Waals surface area contributed by atoms with Crippen LogP contribution in [0.1, 0.15) is 32.9 Å². The molecule has 0 bridgehead atoms. The number of nitrogen functional groups attached to an aromatic ring is 1. The maximum absolute atomic E-state index is 12.5. The van der Waals surface area contributed by atoms with Crippen molar-refractivity contribution in [1.82, 2.24) is 4.98 Å². The highest BCUT2D eigenvalue weighted by molar-refractivity contribution is 7.15. The summed E-state index contributed by atoms with van der Waals surface area (Å²) >= 11 is 1.32. The van der Waals surface area contributed by atoms with Crippen LogP contribution in [-0.2, 0) is 11.2 Å². The number of rotatable bonds is 6. The molecule has 7 nitrogen and oxygen atoms in total. The molecule has 4 N–H and O–H groups in total. The molecule has 1 aromatic carbocycles. The standard InChI is InChI=1S/C16H18N4O3S/c1-9-12(7-8-13(21)22)24-16(19-9)20(2)15(23)11-5-3-10(4-6-11)14(17)18/h3-6H,7-8H2,1-2H3,(H3,17,18)(H,21,22). The summed E-state index contributed by atoms with van der Waals surface area (Å²) in [4.78, 5) is 29.9. The first-order valence-electron chi connectivity index (χ1n) is 7.20.